The molecule has 2 saturated heterocycles. The van der Waals surface area contributed by atoms with Crippen LogP contribution in [0.2, 0.25) is 0 Å². The Bertz CT molecular complexity index is 377. The van der Waals surface area contributed by atoms with E-state index in [0.717, 1.165) is 25.6 Å². The first kappa shape index (κ1) is 14.6. The summed E-state index contributed by atoms with van der Waals surface area (Å²) in [5.41, 5.74) is 0.412. The summed E-state index contributed by atoms with van der Waals surface area (Å²) in [6.45, 7) is 3.29. The quantitative estimate of drug-likeness (QED) is 0.850. The van der Waals surface area contributed by atoms with Crippen molar-refractivity contribution < 1.29 is 4.79 Å². The summed E-state index contributed by atoms with van der Waals surface area (Å²) in [7, 11) is 0. The molecule has 2 aliphatic carbocycles. The number of halogens is 1. The molecule has 2 atom stereocenters. The normalized spacial score (nSPS) is 35.5. The van der Waals surface area contributed by atoms with Crippen molar-refractivity contribution in [1.82, 2.24) is 10.2 Å². The zero-order valence-corrected chi connectivity index (χ0v) is 13.1. The number of likely N-dealkylation sites (tertiary alicyclic amines) is 1. The summed E-state index contributed by atoms with van der Waals surface area (Å²) in [5.74, 6) is 1.75. The maximum absolute atomic E-state index is 12.8. The minimum atomic E-state index is 0. The van der Waals surface area contributed by atoms with E-state index in [1.165, 1.54) is 51.4 Å². The lowest BCUT2D eigenvalue weighted by molar-refractivity contribution is -0.136. The molecular formula is C16H27ClN2O. The van der Waals surface area contributed by atoms with Crippen LogP contribution in [0.4, 0.5) is 0 Å². The van der Waals surface area contributed by atoms with E-state index in [0.29, 0.717) is 23.3 Å². The van der Waals surface area contributed by atoms with Crippen molar-refractivity contribution in [1.29, 1.82) is 0 Å². The summed E-state index contributed by atoms with van der Waals surface area (Å²) in [6, 6.07) is 0.612. The van der Waals surface area contributed by atoms with Crippen LogP contribution < -0.4 is 5.32 Å². The van der Waals surface area contributed by atoms with Gasteiger partial charge in [0.05, 0.1) is 0 Å². The minimum Gasteiger partial charge on any atom is -0.339 e. The van der Waals surface area contributed by atoms with Crippen molar-refractivity contribution in [3.8, 4) is 0 Å². The van der Waals surface area contributed by atoms with Crippen molar-refractivity contribution in [2.45, 2.75) is 57.4 Å². The molecule has 4 aliphatic rings. The van der Waals surface area contributed by atoms with E-state index < -0.39 is 0 Å². The van der Waals surface area contributed by atoms with E-state index in [-0.39, 0.29) is 12.4 Å². The SMILES string of the molecule is Cl.O=C(C1CC12CCNCC2)N1CCCC1C1CCC1. The molecular weight excluding hydrogens is 272 g/mol. The number of hydrogen-bond acceptors (Lipinski definition) is 2. The standard InChI is InChI=1S/C16H26N2O.ClH/c19-15(13-11-16(13)6-8-17-9-7-16)18-10-2-5-14(18)12-3-1-4-12;/h12-14,17H,1-11H2;1H. The number of nitrogens with zero attached hydrogens (tertiary/aromatic N) is 1. The molecule has 2 heterocycles. The Morgan fingerprint density at radius 1 is 1.10 bits per heavy atom. The van der Waals surface area contributed by atoms with Gasteiger partial charge in [-0.3, -0.25) is 4.79 Å². The van der Waals surface area contributed by atoms with Crippen LogP contribution in [0, 0.1) is 17.3 Å². The van der Waals surface area contributed by atoms with Gasteiger partial charge in [0.1, 0.15) is 0 Å². The molecule has 1 N–H and O–H groups in total. The summed E-state index contributed by atoms with van der Waals surface area (Å²) >= 11 is 0. The van der Waals surface area contributed by atoms with Crippen molar-refractivity contribution in [2.24, 2.45) is 17.3 Å². The first-order chi connectivity index (χ1) is 9.30. The molecule has 1 spiro atoms. The van der Waals surface area contributed by atoms with E-state index in [1.807, 2.05) is 0 Å². The second-order valence-electron chi connectivity index (χ2n) is 7.30. The number of rotatable bonds is 2. The van der Waals surface area contributed by atoms with Gasteiger partial charge in [-0.25, -0.2) is 0 Å². The smallest absolute Gasteiger partial charge is 0.226 e. The Balaban J connectivity index is 0.00000121. The van der Waals surface area contributed by atoms with Crippen LogP contribution in [-0.4, -0.2) is 36.5 Å². The van der Waals surface area contributed by atoms with E-state index in [4.69, 9.17) is 0 Å². The molecule has 4 rings (SSSR count). The van der Waals surface area contributed by atoms with Gasteiger partial charge in [-0.15, -0.1) is 12.4 Å². The fraction of sp³-hybridized carbons (Fsp3) is 0.938. The minimum absolute atomic E-state index is 0. The Hall–Kier alpha value is -0.280. The fourth-order valence-electron chi connectivity index (χ4n) is 4.76. The number of carbonyl (C=O) groups is 1. The summed E-state index contributed by atoms with van der Waals surface area (Å²) < 4.78 is 0. The average molecular weight is 299 g/mol. The highest BCUT2D eigenvalue weighted by Gasteiger charge is 2.59. The van der Waals surface area contributed by atoms with Crippen molar-refractivity contribution in [2.75, 3.05) is 19.6 Å². The Labute approximate surface area is 128 Å². The maximum Gasteiger partial charge on any atom is 0.226 e. The predicted octanol–water partition coefficient (Wildman–Crippen LogP) is 2.59. The van der Waals surface area contributed by atoms with Crippen molar-refractivity contribution in [3.05, 3.63) is 0 Å². The van der Waals surface area contributed by atoms with Gasteiger partial charge in [-0.1, -0.05) is 6.42 Å². The molecule has 1 amide bonds. The van der Waals surface area contributed by atoms with Gasteiger partial charge < -0.3 is 10.2 Å². The van der Waals surface area contributed by atoms with Crippen LogP contribution in [0.15, 0.2) is 0 Å². The van der Waals surface area contributed by atoms with Gasteiger partial charge in [-0.2, -0.15) is 0 Å². The first-order valence-electron chi connectivity index (χ1n) is 8.31. The lowest BCUT2D eigenvalue weighted by Gasteiger charge is -2.37. The summed E-state index contributed by atoms with van der Waals surface area (Å²) in [4.78, 5) is 15.1. The van der Waals surface area contributed by atoms with Crippen molar-refractivity contribution in [3.63, 3.8) is 0 Å². The monoisotopic (exact) mass is 298 g/mol. The number of nitrogens with one attached hydrogen (secondary N) is 1. The highest BCUT2D eigenvalue weighted by Crippen LogP contribution is 2.59. The van der Waals surface area contributed by atoms with Crippen LogP contribution in [0.3, 0.4) is 0 Å². The number of hydrogen-bond donors (Lipinski definition) is 1. The maximum atomic E-state index is 12.8. The average Bonchev–Trinajstić information content (AvgIpc) is 2.84. The highest BCUT2D eigenvalue weighted by molar-refractivity contribution is 5.85. The zero-order chi connectivity index (χ0) is 12.9. The van der Waals surface area contributed by atoms with Gasteiger partial charge in [0, 0.05) is 18.5 Å². The van der Waals surface area contributed by atoms with Gasteiger partial charge in [0.15, 0.2) is 0 Å². The largest absolute Gasteiger partial charge is 0.339 e. The molecule has 4 fully saturated rings. The molecule has 0 aromatic carbocycles. The Kier molecular flexibility index (Phi) is 4.02. The molecule has 114 valence electrons. The second-order valence-corrected chi connectivity index (χ2v) is 7.30. The molecule has 0 bridgehead atoms. The first-order valence-corrected chi connectivity index (χ1v) is 8.31. The Morgan fingerprint density at radius 2 is 1.85 bits per heavy atom. The molecule has 2 aliphatic heterocycles. The zero-order valence-electron chi connectivity index (χ0n) is 12.3. The molecule has 3 nitrogen and oxygen atoms in total. The third kappa shape index (κ3) is 2.27. The van der Waals surface area contributed by atoms with Gasteiger partial charge in [0.25, 0.3) is 0 Å². The molecule has 20 heavy (non-hydrogen) atoms. The van der Waals surface area contributed by atoms with E-state index in [2.05, 4.69) is 10.2 Å². The third-order valence-corrected chi connectivity index (χ3v) is 6.36. The summed E-state index contributed by atoms with van der Waals surface area (Å²) in [5, 5.41) is 3.43. The molecule has 0 aromatic heterocycles. The van der Waals surface area contributed by atoms with E-state index in [1.54, 1.807) is 0 Å². The fourth-order valence-corrected chi connectivity index (χ4v) is 4.76. The van der Waals surface area contributed by atoms with E-state index in [9.17, 15) is 4.79 Å². The molecule has 0 aromatic rings. The molecule has 2 unspecified atom stereocenters. The highest BCUT2D eigenvalue weighted by atomic mass is 35.5. The van der Waals surface area contributed by atoms with Crippen molar-refractivity contribution >= 4 is 18.3 Å². The number of amides is 1. The third-order valence-electron chi connectivity index (χ3n) is 6.36. The van der Waals surface area contributed by atoms with Gasteiger partial charge >= 0.3 is 0 Å². The molecule has 2 saturated carbocycles. The number of carbonyl (C=O) groups excluding carboxylic acids is 1. The van der Waals surface area contributed by atoms with Crippen LogP contribution in [-0.2, 0) is 4.79 Å². The molecule has 4 heteroatoms. The van der Waals surface area contributed by atoms with Crippen LogP contribution in [0.1, 0.15) is 51.4 Å². The molecule has 0 radical (unpaired) electrons. The van der Waals surface area contributed by atoms with Gasteiger partial charge in [0.2, 0.25) is 5.91 Å². The van der Waals surface area contributed by atoms with Crippen LogP contribution in [0.5, 0.6) is 0 Å². The Morgan fingerprint density at radius 3 is 2.50 bits per heavy atom. The topological polar surface area (TPSA) is 32.3 Å². The summed E-state index contributed by atoms with van der Waals surface area (Å²) in [6.07, 6.45) is 10.3. The van der Waals surface area contributed by atoms with Gasteiger partial charge in [-0.05, 0) is 69.4 Å². The lowest BCUT2D eigenvalue weighted by atomic mass is 9.78. The second kappa shape index (κ2) is 5.49. The van der Waals surface area contributed by atoms with Crippen LogP contribution in [0.25, 0.3) is 0 Å². The van der Waals surface area contributed by atoms with E-state index >= 15 is 0 Å². The van der Waals surface area contributed by atoms with Crippen LogP contribution >= 0.6 is 12.4 Å². The number of piperidine rings is 1. The predicted molar refractivity (Wildman–Crippen MR) is 82.0 cm³/mol. The lowest BCUT2D eigenvalue weighted by Crippen LogP contribution is -2.44.